The molecule has 6 nitrogen and oxygen atoms in total. The molecule has 3 heterocycles. The van der Waals surface area contributed by atoms with Crippen LogP contribution < -0.4 is 5.56 Å². The molecule has 0 saturated carbocycles. The Morgan fingerprint density at radius 1 is 1.48 bits per heavy atom. The molecule has 0 radical (unpaired) electrons. The highest BCUT2D eigenvalue weighted by atomic mass is 32.1. The predicted octanol–water partition coefficient (Wildman–Crippen LogP) is 2.42. The highest BCUT2D eigenvalue weighted by Gasteiger charge is 2.09. The van der Waals surface area contributed by atoms with Gasteiger partial charge in [0, 0.05) is 23.2 Å². The van der Waals surface area contributed by atoms with Crippen LogP contribution >= 0.6 is 11.3 Å². The average molecular weight is 325 g/mol. The molecule has 0 atom stereocenters. The molecule has 0 saturated heterocycles. The van der Waals surface area contributed by atoms with Crippen LogP contribution in [0, 0.1) is 18.3 Å². The first-order chi connectivity index (χ1) is 11.0. The van der Waals surface area contributed by atoms with E-state index in [1.807, 2.05) is 27.0 Å². The summed E-state index contributed by atoms with van der Waals surface area (Å²) in [5.74, 6) is 0. The molecule has 0 aromatic carbocycles. The van der Waals surface area contributed by atoms with E-state index in [-0.39, 0.29) is 5.56 Å². The molecule has 0 N–H and O–H groups in total. The maximum absolute atomic E-state index is 12.5. The fourth-order valence-electron chi connectivity index (χ4n) is 2.31. The van der Waals surface area contributed by atoms with E-state index in [2.05, 4.69) is 16.2 Å². The summed E-state index contributed by atoms with van der Waals surface area (Å²) in [6, 6.07) is 5.74. The van der Waals surface area contributed by atoms with Crippen LogP contribution in [0.5, 0.6) is 0 Å². The van der Waals surface area contributed by atoms with Crippen LogP contribution in [-0.2, 0) is 13.5 Å². The lowest BCUT2D eigenvalue weighted by Crippen LogP contribution is -2.16. The number of aryl methyl sites for hydroxylation is 1. The number of nitriles is 1. The number of fused-ring (bicyclic) bond motifs is 1. The van der Waals surface area contributed by atoms with Crippen LogP contribution in [0.2, 0.25) is 0 Å². The van der Waals surface area contributed by atoms with Crippen molar-refractivity contribution in [2.45, 2.75) is 20.3 Å². The van der Waals surface area contributed by atoms with Crippen molar-refractivity contribution in [2.75, 3.05) is 0 Å². The van der Waals surface area contributed by atoms with Crippen LogP contribution in [0.1, 0.15) is 28.8 Å². The van der Waals surface area contributed by atoms with Gasteiger partial charge in [-0.25, -0.2) is 4.98 Å². The SMILES string of the molecule is CCc1cc2c(=O)n(/N=C\c3cc(C#N)n(C)c3C)cnc2s1. The van der Waals surface area contributed by atoms with Gasteiger partial charge in [-0.1, -0.05) is 6.92 Å². The number of nitrogens with zero attached hydrogens (tertiary/aromatic N) is 5. The summed E-state index contributed by atoms with van der Waals surface area (Å²) in [5, 5.41) is 13.9. The van der Waals surface area contributed by atoms with Crippen molar-refractivity contribution < 1.29 is 0 Å². The number of hydrogen-bond donors (Lipinski definition) is 0. The first-order valence-corrected chi connectivity index (χ1v) is 7.97. The summed E-state index contributed by atoms with van der Waals surface area (Å²) >= 11 is 1.53. The third-order valence-corrected chi connectivity index (χ3v) is 5.03. The number of hydrogen-bond acceptors (Lipinski definition) is 5. The Labute approximate surface area is 136 Å². The van der Waals surface area contributed by atoms with E-state index >= 15 is 0 Å². The van der Waals surface area contributed by atoms with E-state index in [1.165, 1.54) is 22.3 Å². The molecule has 0 aliphatic rings. The van der Waals surface area contributed by atoms with E-state index in [4.69, 9.17) is 5.26 Å². The summed E-state index contributed by atoms with van der Waals surface area (Å²) in [4.78, 5) is 18.6. The molecule has 23 heavy (non-hydrogen) atoms. The second-order valence-electron chi connectivity index (χ2n) is 5.17. The Kier molecular flexibility index (Phi) is 3.84. The minimum Gasteiger partial charge on any atom is -0.339 e. The first kappa shape index (κ1) is 15.2. The Bertz CT molecular complexity index is 1020. The summed E-state index contributed by atoms with van der Waals surface area (Å²) < 4.78 is 3.02. The van der Waals surface area contributed by atoms with Crippen LogP contribution in [-0.4, -0.2) is 20.4 Å². The minimum atomic E-state index is -0.184. The number of aromatic nitrogens is 3. The fraction of sp³-hybridized carbons (Fsp3) is 0.250. The maximum Gasteiger partial charge on any atom is 0.282 e. The van der Waals surface area contributed by atoms with Gasteiger partial charge >= 0.3 is 0 Å². The fourth-order valence-corrected chi connectivity index (χ4v) is 3.23. The van der Waals surface area contributed by atoms with Gasteiger partial charge in [-0.15, -0.1) is 11.3 Å². The van der Waals surface area contributed by atoms with Crippen molar-refractivity contribution in [2.24, 2.45) is 12.1 Å². The highest BCUT2D eigenvalue weighted by Crippen LogP contribution is 2.21. The predicted molar refractivity (Wildman–Crippen MR) is 91.1 cm³/mol. The zero-order valence-electron chi connectivity index (χ0n) is 13.1. The standard InChI is InChI=1S/C16H15N5OS/c1-4-13-6-14-15(23-13)18-9-21(16(14)22)19-8-11-5-12(7-17)20(3)10(11)2/h5-6,8-9H,4H2,1-3H3/b19-8-. The first-order valence-electron chi connectivity index (χ1n) is 7.16. The van der Waals surface area contributed by atoms with E-state index in [0.29, 0.717) is 11.1 Å². The molecule has 0 spiro atoms. The van der Waals surface area contributed by atoms with E-state index in [9.17, 15) is 4.79 Å². The van der Waals surface area contributed by atoms with E-state index < -0.39 is 0 Å². The van der Waals surface area contributed by atoms with Crippen LogP contribution in [0.25, 0.3) is 10.2 Å². The van der Waals surface area contributed by atoms with Crippen molar-refractivity contribution in [1.82, 2.24) is 14.2 Å². The Morgan fingerprint density at radius 3 is 2.91 bits per heavy atom. The normalized spacial score (nSPS) is 11.4. The topological polar surface area (TPSA) is 76.0 Å². The van der Waals surface area contributed by atoms with Gasteiger partial charge in [0.15, 0.2) is 0 Å². The molecular weight excluding hydrogens is 310 g/mol. The van der Waals surface area contributed by atoms with Gasteiger partial charge in [0.1, 0.15) is 22.9 Å². The zero-order chi connectivity index (χ0) is 16.6. The van der Waals surface area contributed by atoms with Gasteiger partial charge in [0.25, 0.3) is 5.56 Å². The molecule has 0 fully saturated rings. The summed E-state index contributed by atoms with van der Waals surface area (Å²) in [7, 11) is 1.82. The minimum absolute atomic E-state index is 0.184. The van der Waals surface area contributed by atoms with E-state index in [1.54, 1.807) is 16.8 Å². The molecule has 0 aliphatic carbocycles. The van der Waals surface area contributed by atoms with Crippen molar-refractivity contribution in [3.63, 3.8) is 0 Å². The molecule has 7 heteroatoms. The van der Waals surface area contributed by atoms with Gasteiger partial charge < -0.3 is 4.57 Å². The Hall–Kier alpha value is -2.72. The molecule has 3 aromatic rings. The van der Waals surface area contributed by atoms with Crippen LogP contribution in [0.4, 0.5) is 0 Å². The maximum atomic E-state index is 12.5. The lowest BCUT2D eigenvalue weighted by Gasteiger charge is -1.98. The molecule has 0 amide bonds. The van der Waals surface area contributed by atoms with Crippen molar-refractivity contribution in [3.05, 3.63) is 50.6 Å². The van der Waals surface area contributed by atoms with Crippen molar-refractivity contribution in [3.8, 4) is 6.07 Å². The largest absolute Gasteiger partial charge is 0.339 e. The summed E-state index contributed by atoms with van der Waals surface area (Å²) in [5.41, 5.74) is 2.08. The van der Waals surface area contributed by atoms with Crippen LogP contribution in [0.15, 0.2) is 28.4 Å². The smallest absolute Gasteiger partial charge is 0.282 e. The lowest BCUT2D eigenvalue weighted by atomic mass is 10.3. The van der Waals surface area contributed by atoms with Crippen LogP contribution in [0.3, 0.4) is 0 Å². The van der Waals surface area contributed by atoms with Gasteiger partial charge in [0.2, 0.25) is 0 Å². The van der Waals surface area contributed by atoms with Gasteiger partial charge in [-0.05, 0) is 25.5 Å². The molecular formula is C16H15N5OS. The summed E-state index contributed by atoms with van der Waals surface area (Å²) in [6.45, 7) is 3.95. The molecule has 116 valence electrons. The quantitative estimate of drug-likeness (QED) is 0.694. The monoisotopic (exact) mass is 325 g/mol. The van der Waals surface area contributed by atoms with Gasteiger partial charge in [-0.3, -0.25) is 4.79 Å². The van der Waals surface area contributed by atoms with Gasteiger partial charge in [-0.2, -0.15) is 15.0 Å². The molecule has 3 rings (SSSR count). The lowest BCUT2D eigenvalue weighted by molar-refractivity contribution is 0.817. The Morgan fingerprint density at radius 2 is 2.26 bits per heavy atom. The highest BCUT2D eigenvalue weighted by molar-refractivity contribution is 7.18. The average Bonchev–Trinajstić information content (AvgIpc) is 3.10. The van der Waals surface area contributed by atoms with Crippen molar-refractivity contribution in [1.29, 1.82) is 5.26 Å². The van der Waals surface area contributed by atoms with Gasteiger partial charge in [0.05, 0.1) is 11.6 Å². The zero-order valence-corrected chi connectivity index (χ0v) is 13.9. The summed E-state index contributed by atoms with van der Waals surface area (Å²) in [6.07, 6.45) is 3.89. The Balaban J connectivity index is 2.03. The second-order valence-corrected chi connectivity index (χ2v) is 6.28. The molecule has 0 aliphatic heterocycles. The third kappa shape index (κ3) is 2.58. The van der Waals surface area contributed by atoms with E-state index in [0.717, 1.165) is 27.4 Å². The third-order valence-electron chi connectivity index (χ3n) is 3.85. The number of rotatable bonds is 3. The number of thiophene rings is 1. The second kappa shape index (κ2) is 5.82. The molecule has 0 unspecified atom stereocenters. The molecule has 0 bridgehead atoms. The molecule has 3 aromatic heterocycles. The van der Waals surface area contributed by atoms with Crippen molar-refractivity contribution >= 4 is 27.8 Å².